The zero-order valence-electron chi connectivity index (χ0n) is 10.8. The predicted molar refractivity (Wildman–Crippen MR) is 63.6 cm³/mol. The smallest absolute Gasteiger partial charge is 0.410 e. The maximum Gasteiger partial charge on any atom is 0.410 e. The van der Waals surface area contributed by atoms with Crippen molar-refractivity contribution in [1.29, 1.82) is 0 Å². The lowest BCUT2D eigenvalue weighted by molar-refractivity contribution is 0.0149. The third kappa shape index (κ3) is 2.90. The molecule has 98 valence electrons. The molecule has 0 saturated carbocycles. The minimum atomic E-state index is -0.435. The monoisotopic (exact) mass is 242 g/mol. The quantitative estimate of drug-likeness (QED) is 0.744. The second-order valence-corrected chi connectivity index (χ2v) is 5.91. The Labute approximate surface area is 102 Å². The van der Waals surface area contributed by atoms with Gasteiger partial charge in [-0.05, 0) is 27.2 Å². The highest BCUT2D eigenvalue weighted by Gasteiger charge is 2.43. The van der Waals surface area contributed by atoms with E-state index in [1.165, 1.54) is 0 Å². The Hall–Kier alpha value is -0.810. The number of ether oxygens (including phenoxy) is 2. The Balaban J connectivity index is 1.86. The Morgan fingerprint density at radius 3 is 2.71 bits per heavy atom. The van der Waals surface area contributed by atoms with Crippen molar-refractivity contribution in [3.8, 4) is 0 Å². The fourth-order valence-electron chi connectivity index (χ4n) is 2.49. The Bertz CT molecular complexity index is 287. The van der Waals surface area contributed by atoms with Crippen molar-refractivity contribution in [2.75, 3.05) is 19.6 Å². The van der Waals surface area contributed by atoms with Crippen LogP contribution in [0.4, 0.5) is 4.79 Å². The van der Waals surface area contributed by atoms with Gasteiger partial charge >= 0.3 is 6.09 Å². The summed E-state index contributed by atoms with van der Waals surface area (Å²) in [6, 6.07) is 0. The maximum atomic E-state index is 11.9. The molecule has 1 amide bonds. The van der Waals surface area contributed by atoms with Crippen LogP contribution in [-0.4, -0.2) is 48.4 Å². The molecule has 1 unspecified atom stereocenters. The highest BCUT2D eigenvalue weighted by molar-refractivity contribution is 5.68. The Kier molecular flexibility index (Phi) is 3.32. The van der Waals surface area contributed by atoms with Gasteiger partial charge in [0, 0.05) is 19.0 Å². The van der Waals surface area contributed by atoms with E-state index in [-0.39, 0.29) is 18.3 Å². The van der Waals surface area contributed by atoms with Gasteiger partial charge in [0.15, 0.2) is 0 Å². The molecular formula is C12H22N2O3. The molecular weight excluding hydrogens is 220 g/mol. The molecule has 2 fully saturated rings. The predicted octanol–water partition coefficient (Wildman–Crippen LogP) is 0.969. The number of likely N-dealkylation sites (tertiary alicyclic amines) is 1. The van der Waals surface area contributed by atoms with Gasteiger partial charge in [-0.3, -0.25) is 0 Å². The van der Waals surface area contributed by atoms with Crippen LogP contribution in [0.1, 0.15) is 27.2 Å². The first-order chi connectivity index (χ1) is 7.89. The zero-order chi connectivity index (χ0) is 12.6. The van der Waals surface area contributed by atoms with Crippen LogP contribution < -0.4 is 5.73 Å². The number of rotatable bonds is 1. The van der Waals surface area contributed by atoms with E-state index in [1.807, 2.05) is 20.8 Å². The van der Waals surface area contributed by atoms with Crippen LogP contribution in [0.5, 0.6) is 0 Å². The molecule has 0 bridgehead atoms. The van der Waals surface area contributed by atoms with E-state index in [0.29, 0.717) is 19.0 Å². The number of hydrogen-bond acceptors (Lipinski definition) is 4. The Morgan fingerprint density at radius 2 is 2.18 bits per heavy atom. The van der Waals surface area contributed by atoms with Crippen molar-refractivity contribution in [3.05, 3.63) is 0 Å². The van der Waals surface area contributed by atoms with Gasteiger partial charge in [-0.2, -0.15) is 0 Å². The van der Waals surface area contributed by atoms with Gasteiger partial charge in [0.2, 0.25) is 0 Å². The summed E-state index contributed by atoms with van der Waals surface area (Å²) in [5.74, 6) is 0.427. The Morgan fingerprint density at radius 1 is 1.47 bits per heavy atom. The molecule has 0 spiro atoms. The number of carbonyl (C=O) groups is 1. The SMILES string of the molecule is CC(C)(C)OC(=O)N1C[C@@H]2CC(CN)O[C@H]2C1. The fraction of sp³-hybridized carbons (Fsp3) is 0.917. The lowest BCUT2D eigenvalue weighted by Crippen LogP contribution is -2.37. The zero-order valence-corrected chi connectivity index (χ0v) is 10.8. The first-order valence-electron chi connectivity index (χ1n) is 6.22. The summed E-state index contributed by atoms with van der Waals surface area (Å²) in [4.78, 5) is 13.6. The van der Waals surface area contributed by atoms with Crippen molar-refractivity contribution < 1.29 is 14.3 Å². The van der Waals surface area contributed by atoms with Crippen molar-refractivity contribution in [2.24, 2.45) is 11.7 Å². The van der Waals surface area contributed by atoms with E-state index in [0.717, 1.165) is 13.0 Å². The average Bonchev–Trinajstić information content (AvgIpc) is 2.70. The summed E-state index contributed by atoms with van der Waals surface area (Å²) < 4.78 is 11.1. The molecule has 5 heteroatoms. The summed E-state index contributed by atoms with van der Waals surface area (Å²) in [5.41, 5.74) is 5.15. The summed E-state index contributed by atoms with van der Waals surface area (Å²) in [5, 5.41) is 0. The molecule has 2 aliphatic rings. The molecule has 2 saturated heterocycles. The molecule has 2 heterocycles. The van der Waals surface area contributed by atoms with Crippen molar-refractivity contribution >= 4 is 6.09 Å². The van der Waals surface area contributed by atoms with Gasteiger partial charge in [0.25, 0.3) is 0 Å². The van der Waals surface area contributed by atoms with Crippen LogP contribution in [0.15, 0.2) is 0 Å². The van der Waals surface area contributed by atoms with Gasteiger partial charge in [0.1, 0.15) is 5.60 Å². The number of nitrogens with two attached hydrogens (primary N) is 1. The fourth-order valence-corrected chi connectivity index (χ4v) is 2.49. The minimum Gasteiger partial charge on any atom is -0.444 e. The number of carbonyl (C=O) groups excluding carboxylic acids is 1. The summed E-state index contributed by atoms with van der Waals surface area (Å²) >= 11 is 0. The highest BCUT2D eigenvalue weighted by atomic mass is 16.6. The second kappa shape index (κ2) is 4.46. The third-order valence-electron chi connectivity index (χ3n) is 3.23. The van der Waals surface area contributed by atoms with Crippen LogP contribution >= 0.6 is 0 Å². The van der Waals surface area contributed by atoms with Crippen LogP contribution in [0.25, 0.3) is 0 Å². The lowest BCUT2D eigenvalue weighted by atomic mass is 10.0. The van der Waals surface area contributed by atoms with Gasteiger partial charge in [-0.25, -0.2) is 4.79 Å². The van der Waals surface area contributed by atoms with E-state index in [1.54, 1.807) is 4.90 Å². The standard InChI is InChI=1S/C12H22N2O3/c1-12(2,3)17-11(15)14-6-8-4-9(5-13)16-10(8)7-14/h8-10H,4-7,13H2,1-3H3/t8-,9?,10-/m0/s1. The molecule has 0 radical (unpaired) electrons. The van der Waals surface area contributed by atoms with Gasteiger partial charge in [-0.15, -0.1) is 0 Å². The molecule has 0 aromatic carbocycles. The number of amides is 1. The minimum absolute atomic E-state index is 0.149. The van der Waals surface area contributed by atoms with E-state index < -0.39 is 5.60 Å². The number of hydrogen-bond donors (Lipinski definition) is 1. The molecule has 0 aromatic heterocycles. The largest absolute Gasteiger partial charge is 0.444 e. The van der Waals surface area contributed by atoms with E-state index in [2.05, 4.69) is 0 Å². The molecule has 2 rings (SSSR count). The normalized spacial score (nSPS) is 32.7. The molecule has 17 heavy (non-hydrogen) atoms. The number of fused-ring (bicyclic) bond motifs is 1. The van der Waals surface area contributed by atoms with Crippen LogP contribution in [0, 0.1) is 5.92 Å². The van der Waals surface area contributed by atoms with Crippen LogP contribution in [0.3, 0.4) is 0 Å². The van der Waals surface area contributed by atoms with E-state index >= 15 is 0 Å². The molecule has 3 atom stereocenters. The molecule has 2 aliphatic heterocycles. The first-order valence-corrected chi connectivity index (χ1v) is 6.22. The van der Waals surface area contributed by atoms with Crippen molar-refractivity contribution in [2.45, 2.75) is 45.0 Å². The van der Waals surface area contributed by atoms with Gasteiger partial charge in [0.05, 0.1) is 18.8 Å². The molecule has 0 aromatic rings. The van der Waals surface area contributed by atoms with Crippen molar-refractivity contribution in [1.82, 2.24) is 4.90 Å². The van der Waals surface area contributed by atoms with E-state index in [9.17, 15) is 4.79 Å². The average molecular weight is 242 g/mol. The number of nitrogens with zero attached hydrogens (tertiary/aromatic N) is 1. The molecule has 0 aliphatic carbocycles. The van der Waals surface area contributed by atoms with Gasteiger partial charge in [-0.1, -0.05) is 0 Å². The highest BCUT2D eigenvalue weighted by Crippen LogP contribution is 2.33. The van der Waals surface area contributed by atoms with E-state index in [4.69, 9.17) is 15.2 Å². The second-order valence-electron chi connectivity index (χ2n) is 5.91. The van der Waals surface area contributed by atoms with Crippen LogP contribution in [-0.2, 0) is 9.47 Å². The topological polar surface area (TPSA) is 64.8 Å². The summed E-state index contributed by atoms with van der Waals surface area (Å²) in [6.45, 7) is 7.57. The first kappa shape index (κ1) is 12.6. The third-order valence-corrected chi connectivity index (χ3v) is 3.23. The summed E-state index contributed by atoms with van der Waals surface area (Å²) in [6.07, 6.45) is 1.04. The maximum absolute atomic E-state index is 11.9. The lowest BCUT2D eigenvalue weighted by Gasteiger charge is -2.25. The van der Waals surface area contributed by atoms with Gasteiger partial charge < -0.3 is 20.1 Å². The molecule has 5 nitrogen and oxygen atoms in total. The van der Waals surface area contributed by atoms with Crippen molar-refractivity contribution in [3.63, 3.8) is 0 Å². The van der Waals surface area contributed by atoms with Crippen LogP contribution in [0.2, 0.25) is 0 Å². The summed E-state index contributed by atoms with van der Waals surface area (Å²) in [7, 11) is 0. The molecule has 2 N–H and O–H groups in total.